The number of hydrogen-bond acceptors (Lipinski definition) is 2. The number of hydrogen-bond donors (Lipinski definition) is 0. The van der Waals surface area contributed by atoms with E-state index in [1.165, 1.54) is 0 Å². The summed E-state index contributed by atoms with van der Waals surface area (Å²) in [5.41, 5.74) is 2.29. The summed E-state index contributed by atoms with van der Waals surface area (Å²) in [5.74, 6) is 1.07. The molecule has 2 aromatic carbocycles. The molecule has 2 aromatic rings. The Bertz CT molecular complexity index is 542. The van der Waals surface area contributed by atoms with Crippen LogP contribution in [0.5, 0.6) is 0 Å². The first kappa shape index (κ1) is 14.0. The Labute approximate surface area is 132 Å². The van der Waals surface area contributed by atoms with Crippen LogP contribution in [0.2, 0.25) is 0 Å². The van der Waals surface area contributed by atoms with Crippen molar-refractivity contribution in [1.82, 2.24) is 0 Å². The van der Waals surface area contributed by atoms with E-state index >= 15 is 0 Å². The number of ether oxygens (including phenoxy) is 2. The molecule has 2 unspecified atom stereocenters. The fourth-order valence-electron chi connectivity index (χ4n) is 2.94. The summed E-state index contributed by atoms with van der Waals surface area (Å²) in [7, 11) is 0. The standard InChI is InChI=1S/C20H17O2/c1-3-9-15(10-4-1)18-19(16-11-5-2-6-12-16)22-20(21-18)17-13-7-8-14-17/h1-14,18-20H. The maximum atomic E-state index is 6.24. The molecule has 1 saturated heterocycles. The fraction of sp³-hybridized carbons (Fsp3) is 0.150. The van der Waals surface area contributed by atoms with Crippen LogP contribution in [0.4, 0.5) is 0 Å². The molecule has 1 heterocycles. The lowest BCUT2D eigenvalue weighted by molar-refractivity contribution is -0.0487. The summed E-state index contributed by atoms with van der Waals surface area (Å²) in [6, 6.07) is 20.6. The second-order valence-corrected chi connectivity index (χ2v) is 5.48. The van der Waals surface area contributed by atoms with E-state index in [0.717, 1.165) is 17.0 Å². The Morgan fingerprint density at radius 3 is 1.50 bits per heavy atom. The SMILES string of the molecule is [CH]1[CH][CH][C](C2OC(c3ccccc3)C(c3ccccc3)O2)[CH]1. The topological polar surface area (TPSA) is 18.5 Å². The molecule has 0 spiro atoms. The highest BCUT2D eigenvalue weighted by Gasteiger charge is 2.42. The molecule has 5 radical (unpaired) electrons. The molecule has 2 heteroatoms. The van der Waals surface area contributed by atoms with Crippen LogP contribution in [0.3, 0.4) is 0 Å². The molecule has 1 aliphatic heterocycles. The first-order valence-electron chi connectivity index (χ1n) is 7.54. The maximum Gasteiger partial charge on any atom is 0.166 e. The zero-order valence-corrected chi connectivity index (χ0v) is 12.1. The van der Waals surface area contributed by atoms with Crippen molar-refractivity contribution in [3.05, 3.63) is 103 Å². The van der Waals surface area contributed by atoms with E-state index in [1.807, 2.05) is 62.1 Å². The molecule has 2 atom stereocenters. The van der Waals surface area contributed by atoms with Crippen LogP contribution in [0.1, 0.15) is 23.3 Å². The zero-order valence-electron chi connectivity index (χ0n) is 12.1. The summed E-state index contributed by atoms with van der Waals surface area (Å²) in [6.07, 6.45) is 7.60. The molecule has 1 aliphatic carbocycles. The van der Waals surface area contributed by atoms with Gasteiger partial charge in [0, 0.05) is 5.92 Å². The van der Waals surface area contributed by atoms with Crippen molar-refractivity contribution in [2.24, 2.45) is 0 Å². The van der Waals surface area contributed by atoms with Gasteiger partial charge in [0.1, 0.15) is 12.2 Å². The third kappa shape index (κ3) is 2.69. The third-order valence-electron chi connectivity index (χ3n) is 4.03. The van der Waals surface area contributed by atoms with Crippen molar-refractivity contribution < 1.29 is 9.47 Å². The molecular formula is C20H17O2. The molecule has 0 bridgehead atoms. The minimum Gasteiger partial charge on any atom is -0.341 e. The van der Waals surface area contributed by atoms with Gasteiger partial charge < -0.3 is 9.47 Å². The van der Waals surface area contributed by atoms with E-state index in [0.29, 0.717) is 0 Å². The van der Waals surface area contributed by atoms with E-state index < -0.39 is 0 Å². The highest BCUT2D eigenvalue weighted by Crippen LogP contribution is 2.46. The van der Waals surface area contributed by atoms with Crippen molar-refractivity contribution in [3.63, 3.8) is 0 Å². The molecule has 0 amide bonds. The van der Waals surface area contributed by atoms with Gasteiger partial charge in [-0.3, -0.25) is 0 Å². The number of benzene rings is 2. The van der Waals surface area contributed by atoms with Gasteiger partial charge in [-0.05, 0) is 36.8 Å². The Balaban J connectivity index is 1.63. The first-order chi connectivity index (χ1) is 10.9. The highest BCUT2D eigenvalue weighted by molar-refractivity contribution is 5.38. The van der Waals surface area contributed by atoms with Crippen LogP contribution in [0.25, 0.3) is 0 Å². The van der Waals surface area contributed by atoms with Crippen molar-refractivity contribution >= 4 is 0 Å². The van der Waals surface area contributed by atoms with Crippen molar-refractivity contribution in [3.8, 4) is 0 Å². The van der Waals surface area contributed by atoms with Crippen LogP contribution in [0, 0.1) is 31.6 Å². The molecule has 109 valence electrons. The normalized spacial score (nSPS) is 29.0. The molecule has 22 heavy (non-hydrogen) atoms. The van der Waals surface area contributed by atoms with Crippen molar-refractivity contribution in [2.75, 3.05) is 0 Å². The predicted octanol–water partition coefficient (Wildman–Crippen LogP) is 4.25. The van der Waals surface area contributed by atoms with E-state index in [9.17, 15) is 0 Å². The lowest BCUT2D eigenvalue weighted by atomic mass is 9.99. The molecule has 1 saturated carbocycles. The minimum atomic E-state index is -0.314. The van der Waals surface area contributed by atoms with Gasteiger partial charge in [-0.15, -0.1) is 0 Å². The summed E-state index contributed by atoms with van der Waals surface area (Å²) in [5, 5.41) is 0. The lowest BCUT2D eigenvalue weighted by Crippen LogP contribution is -2.17. The fourth-order valence-corrected chi connectivity index (χ4v) is 2.94. The average Bonchev–Trinajstić information content (AvgIpc) is 3.26. The summed E-state index contributed by atoms with van der Waals surface area (Å²) < 4.78 is 12.5. The molecule has 2 nitrogen and oxygen atoms in total. The molecule has 2 fully saturated rings. The zero-order chi connectivity index (χ0) is 14.8. The van der Waals surface area contributed by atoms with Gasteiger partial charge in [-0.1, -0.05) is 60.7 Å². The summed E-state index contributed by atoms with van der Waals surface area (Å²) >= 11 is 0. The van der Waals surface area contributed by atoms with Gasteiger partial charge in [-0.25, -0.2) is 0 Å². The van der Waals surface area contributed by atoms with Crippen LogP contribution >= 0.6 is 0 Å². The summed E-state index contributed by atoms with van der Waals surface area (Å²) in [6.45, 7) is 0. The van der Waals surface area contributed by atoms with Gasteiger partial charge in [-0.2, -0.15) is 0 Å². The van der Waals surface area contributed by atoms with Gasteiger partial charge >= 0.3 is 0 Å². The van der Waals surface area contributed by atoms with Gasteiger partial charge in [0.2, 0.25) is 0 Å². The largest absolute Gasteiger partial charge is 0.341 e. The lowest BCUT2D eigenvalue weighted by Gasteiger charge is -2.17. The molecule has 0 aromatic heterocycles. The van der Waals surface area contributed by atoms with Crippen LogP contribution in [-0.2, 0) is 9.47 Å². The highest BCUT2D eigenvalue weighted by atomic mass is 16.7. The van der Waals surface area contributed by atoms with Gasteiger partial charge in [0.15, 0.2) is 6.29 Å². The molecule has 0 N–H and O–H groups in total. The second-order valence-electron chi connectivity index (χ2n) is 5.48. The Morgan fingerprint density at radius 1 is 0.591 bits per heavy atom. The van der Waals surface area contributed by atoms with E-state index in [-0.39, 0.29) is 18.5 Å². The van der Waals surface area contributed by atoms with E-state index in [2.05, 4.69) is 24.3 Å². The quantitative estimate of drug-likeness (QED) is 0.841. The third-order valence-corrected chi connectivity index (χ3v) is 4.03. The van der Waals surface area contributed by atoms with Crippen LogP contribution < -0.4 is 0 Å². The smallest absolute Gasteiger partial charge is 0.166 e. The predicted molar refractivity (Wildman–Crippen MR) is 84.8 cm³/mol. The Hall–Kier alpha value is -1.64. The van der Waals surface area contributed by atoms with Gasteiger partial charge in [0.05, 0.1) is 0 Å². The molecular weight excluding hydrogens is 272 g/mol. The van der Waals surface area contributed by atoms with Crippen molar-refractivity contribution in [1.29, 1.82) is 0 Å². The summed E-state index contributed by atoms with van der Waals surface area (Å²) in [4.78, 5) is 0. The van der Waals surface area contributed by atoms with Gasteiger partial charge in [0.25, 0.3) is 0 Å². The Morgan fingerprint density at radius 2 is 1.05 bits per heavy atom. The molecule has 2 aliphatic rings. The second kappa shape index (κ2) is 6.23. The first-order valence-corrected chi connectivity index (χ1v) is 7.54. The average molecular weight is 289 g/mol. The van der Waals surface area contributed by atoms with Crippen molar-refractivity contribution in [2.45, 2.75) is 18.5 Å². The minimum absolute atomic E-state index is 0.0940. The van der Waals surface area contributed by atoms with Crippen LogP contribution in [-0.4, -0.2) is 6.29 Å². The van der Waals surface area contributed by atoms with E-state index in [4.69, 9.17) is 9.47 Å². The number of rotatable bonds is 3. The molecule has 4 rings (SSSR count). The van der Waals surface area contributed by atoms with Crippen LogP contribution in [0.15, 0.2) is 60.7 Å². The maximum absolute atomic E-state index is 6.24. The Kier molecular flexibility index (Phi) is 3.96. The monoisotopic (exact) mass is 289 g/mol. The van der Waals surface area contributed by atoms with E-state index in [1.54, 1.807) is 0 Å².